The van der Waals surface area contributed by atoms with E-state index >= 15 is 0 Å². The first kappa shape index (κ1) is 22.6. The van der Waals surface area contributed by atoms with Gasteiger partial charge in [-0.2, -0.15) is 0 Å². The molecule has 2 rings (SSSR count). The van der Waals surface area contributed by atoms with Gasteiger partial charge in [0.05, 0.1) is 5.69 Å². The number of rotatable bonds is 12. The molecule has 1 aliphatic rings. The number of amides is 2. The highest BCUT2D eigenvalue weighted by molar-refractivity contribution is 6.32. The Balaban J connectivity index is 1.78. The van der Waals surface area contributed by atoms with E-state index in [0.29, 0.717) is 22.9 Å². The van der Waals surface area contributed by atoms with Crippen molar-refractivity contribution in [1.29, 1.82) is 0 Å². The summed E-state index contributed by atoms with van der Waals surface area (Å²) in [5.41, 5.74) is 0.914. The van der Waals surface area contributed by atoms with Crippen molar-refractivity contribution < 1.29 is 19.1 Å². The number of fused-ring (bicyclic) bond motifs is 1. The van der Waals surface area contributed by atoms with Crippen molar-refractivity contribution in [1.82, 2.24) is 0 Å². The molecule has 154 valence electrons. The molecule has 28 heavy (non-hydrogen) atoms. The Hall–Kier alpha value is -1.72. The maximum atomic E-state index is 12.6. The number of carbonyl (C=O) groups excluding carboxylic acids is 3. The molecule has 6 heteroatoms. The summed E-state index contributed by atoms with van der Waals surface area (Å²) in [7, 11) is 0. The number of Topliss-reactive ketones (excluding diaryl/α,β-unsaturated/α-hetero) is 1. The molecular weight excluding hydrogens is 378 g/mol. The zero-order valence-electron chi connectivity index (χ0n) is 16.8. The molecule has 0 aliphatic carbocycles. The van der Waals surface area contributed by atoms with Gasteiger partial charge in [0.1, 0.15) is 12.5 Å². The number of carbonyl (C=O) groups is 3. The molecule has 5 nitrogen and oxygen atoms in total. The van der Waals surface area contributed by atoms with E-state index < -0.39 is 17.7 Å². The van der Waals surface area contributed by atoms with Crippen LogP contribution in [0.5, 0.6) is 0 Å². The van der Waals surface area contributed by atoms with E-state index in [2.05, 4.69) is 6.92 Å². The third-order valence-corrected chi connectivity index (χ3v) is 5.27. The van der Waals surface area contributed by atoms with Gasteiger partial charge in [-0.25, -0.2) is 4.90 Å². The molecular formula is C22H30ClNO4. The average Bonchev–Trinajstić information content (AvgIpc) is 2.94. The molecule has 0 aromatic heterocycles. The fraction of sp³-hybridized carbons (Fsp3) is 0.591. The highest BCUT2D eigenvalue weighted by Crippen LogP contribution is 2.39. The SMILES string of the molecule is CCCCCCCCCCOCC(=O)C1C(=O)N(C(C)=O)c2cc(Cl)ccc21. The van der Waals surface area contributed by atoms with E-state index in [4.69, 9.17) is 16.3 Å². The van der Waals surface area contributed by atoms with Gasteiger partial charge in [-0.15, -0.1) is 0 Å². The van der Waals surface area contributed by atoms with Crippen molar-refractivity contribution in [3.63, 3.8) is 0 Å². The van der Waals surface area contributed by atoms with E-state index in [9.17, 15) is 14.4 Å². The normalized spacial score (nSPS) is 15.8. The Labute approximate surface area is 172 Å². The van der Waals surface area contributed by atoms with Gasteiger partial charge >= 0.3 is 0 Å². The fourth-order valence-corrected chi connectivity index (χ4v) is 3.73. The predicted molar refractivity (Wildman–Crippen MR) is 111 cm³/mol. The number of nitrogens with zero attached hydrogens (tertiary/aromatic N) is 1. The highest BCUT2D eigenvalue weighted by atomic mass is 35.5. The largest absolute Gasteiger partial charge is 0.374 e. The summed E-state index contributed by atoms with van der Waals surface area (Å²) in [6, 6.07) is 4.81. The average molecular weight is 408 g/mol. The minimum absolute atomic E-state index is 0.124. The number of benzene rings is 1. The zero-order valence-corrected chi connectivity index (χ0v) is 17.6. The predicted octanol–water partition coefficient (Wildman–Crippen LogP) is 5.04. The lowest BCUT2D eigenvalue weighted by Crippen LogP contribution is -2.36. The van der Waals surface area contributed by atoms with E-state index in [1.165, 1.54) is 45.4 Å². The minimum atomic E-state index is -0.991. The lowest BCUT2D eigenvalue weighted by molar-refractivity contribution is -0.132. The molecule has 0 saturated carbocycles. The maximum Gasteiger partial charge on any atom is 0.249 e. The second-order valence-electron chi connectivity index (χ2n) is 7.32. The van der Waals surface area contributed by atoms with Crippen molar-refractivity contribution >= 4 is 34.9 Å². The molecule has 0 saturated heterocycles. The second kappa shape index (κ2) is 11.3. The van der Waals surface area contributed by atoms with Crippen molar-refractivity contribution in [2.24, 2.45) is 0 Å². The molecule has 0 fully saturated rings. The van der Waals surface area contributed by atoms with E-state index in [1.807, 2.05) is 0 Å². The molecule has 0 N–H and O–H groups in total. The van der Waals surface area contributed by atoms with Gasteiger partial charge in [0.2, 0.25) is 11.8 Å². The zero-order chi connectivity index (χ0) is 20.5. The summed E-state index contributed by atoms with van der Waals surface area (Å²) in [5.74, 6) is -2.26. The summed E-state index contributed by atoms with van der Waals surface area (Å²) in [6.07, 6.45) is 9.58. The molecule has 1 aromatic rings. The van der Waals surface area contributed by atoms with Crippen molar-refractivity contribution in [3.8, 4) is 0 Å². The maximum absolute atomic E-state index is 12.6. The van der Waals surface area contributed by atoms with Crippen LogP contribution < -0.4 is 4.90 Å². The van der Waals surface area contributed by atoms with Crippen LogP contribution in [0, 0.1) is 0 Å². The van der Waals surface area contributed by atoms with Crippen molar-refractivity contribution in [2.75, 3.05) is 18.1 Å². The van der Waals surface area contributed by atoms with Gasteiger partial charge in [-0.1, -0.05) is 69.5 Å². The first-order chi connectivity index (χ1) is 13.5. The van der Waals surface area contributed by atoms with Crippen LogP contribution >= 0.6 is 11.6 Å². The molecule has 1 aromatic carbocycles. The van der Waals surface area contributed by atoms with Gasteiger partial charge in [0.15, 0.2) is 5.78 Å². The number of anilines is 1. The molecule has 1 unspecified atom stereocenters. The van der Waals surface area contributed by atoms with Crippen LogP contribution in [0.3, 0.4) is 0 Å². The Morgan fingerprint density at radius 2 is 1.71 bits per heavy atom. The Morgan fingerprint density at radius 1 is 1.07 bits per heavy atom. The number of halogens is 1. The quantitative estimate of drug-likeness (QED) is 0.359. The summed E-state index contributed by atoms with van der Waals surface area (Å²) in [6.45, 7) is 3.89. The number of ketones is 1. The minimum Gasteiger partial charge on any atom is -0.374 e. The van der Waals surface area contributed by atoms with E-state index in [-0.39, 0.29) is 12.4 Å². The Morgan fingerprint density at radius 3 is 2.36 bits per heavy atom. The number of unbranched alkanes of at least 4 members (excludes halogenated alkanes) is 7. The van der Waals surface area contributed by atoms with Crippen LogP contribution in [0.25, 0.3) is 0 Å². The molecule has 1 atom stereocenters. The monoisotopic (exact) mass is 407 g/mol. The van der Waals surface area contributed by atoms with E-state index in [0.717, 1.165) is 17.7 Å². The van der Waals surface area contributed by atoms with Gasteiger partial charge < -0.3 is 4.74 Å². The van der Waals surface area contributed by atoms with Crippen molar-refractivity contribution in [2.45, 2.75) is 71.1 Å². The first-order valence-electron chi connectivity index (χ1n) is 10.2. The van der Waals surface area contributed by atoms with Crippen LogP contribution in [-0.4, -0.2) is 30.8 Å². The number of hydrogen-bond donors (Lipinski definition) is 0. The highest BCUT2D eigenvalue weighted by Gasteiger charge is 2.43. The van der Waals surface area contributed by atoms with Crippen LogP contribution in [0.1, 0.15) is 76.7 Å². The topological polar surface area (TPSA) is 63.7 Å². The third-order valence-electron chi connectivity index (χ3n) is 5.04. The summed E-state index contributed by atoms with van der Waals surface area (Å²) in [5, 5.41) is 0.414. The van der Waals surface area contributed by atoms with Crippen LogP contribution in [-0.2, 0) is 19.1 Å². The lowest BCUT2D eigenvalue weighted by atomic mass is 9.96. The van der Waals surface area contributed by atoms with Crippen molar-refractivity contribution in [3.05, 3.63) is 28.8 Å². The fourth-order valence-electron chi connectivity index (χ4n) is 3.57. The van der Waals surface area contributed by atoms with Gasteiger partial charge in [-0.05, 0) is 24.1 Å². The van der Waals surface area contributed by atoms with Crippen LogP contribution in [0.2, 0.25) is 5.02 Å². The molecule has 1 heterocycles. The number of ether oxygens (including phenoxy) is 1. The van der Waals surface area contributed by atoms with E-state index in [1.54, 1.807) is 18.2 Å². The van der Waals surface area contributed by atoms with Gasteiger partial charge in [-0.3, -0.25) is 14.4 Å². The molecule has 2 amide bonds. The van der Waals surface area contributed by atoms with Gasteiger partial charge in [0, 0.05) is 18.6 Å². The molecule has 0 bridgehead atoms. The molecule has 0 spiro atoms. The lowest BCUT2D eigenvalue weighted by Gasteiger charge is -2.13. The molecule has 0 radical (unpaired) electrons. The summed E-state index contributed by atoms with van der Waals surface area (Å²) >= 11 is 5.99. The summed E-state index contributed by atoms with van der Waals surface area (Å²) in [4.78, 5) is 38.1. The number of imide groups is 1. The Bertz CT molecular complexity index is 704. The summed E-state index contributed by atoms with van der Waals surface area (Å²) < 4.78 is 5.50. The number of hydrogen-bond acceptors (Lipinski definition) is 4. The first-order valence-corrected chi connectivity index (χ1v) is 10.6. The smallest absolute Gasteiger partial charge is 0.249 e. The van der Waals surface area contributed by atoms with Crippen LogP contribution in [0.4, 0.5) is 5.69 Å². The third kappa shape index (κ3) is 5.89. The molecule has 1 aliphatic heterocycles. The van der Waals surface area contributed by atoms with Gasteiger partial charge in [0.25, 0.3) is 0 Å². The van der Waals surface area contributed by atoms with Crippen LogP contribution in [0.15, 0.2) is 18.2 Å². The Kier molecular flexibility index (Phi) is 9.13. The standard InChI is InChI=1S/C22H30ClNO4/c1-3-4-5-6-7-8-9-10-13-28-15-20(26)21-18-12-11-17(23)14-19(18)24(16(2)25)22(21)27/h11-12,14,21H,3-10,13,15H2,1-2H3. The second-order valence-corrected chi connectivity index (χ2v) is 7.76.